The number of hydrogen-bond acceptors (Lipinski definition) is 4. The van der Waals surface area contributed by atoms with E-state index >= 15 is 0 Å². The molecule has 1 N–H and O–H groups in total. The number of hydrogen-bond donors (Lipinski definition) is 1. The maximum atomic E-state index is 4.99. The minimum Gasteiger partial charge on any atom is -0.348 e. The van der Waals surface area contributed by atoms with Gasteiger partial charge in [-0.2, -0.15) is 0 Å². The summed E-state index contributed by atoms with van der Waals surface area (Å²) in [5, 5.41) is 4.76. The Balaban J connectivity index is 1.71. The van der Waals surface area contributed by atoms with E-state index in [1.54, 1.807) is 0 Å². The van der Waals surface area contributed by atoms with E-state index in [1.807, 2.05) is 11.3 Å². The summed E-state index contributed by atoms with van der Waals surface area (Å²) in [4.78, 5) is 9.06. The SMILES string of the molecule is CCCC1CCCN(c2nc3c(s2)C(NC)CCC3)CC1. The number of nitrogens with zero attached hydrogens (tertiary/aromatic N) is 2. The fourth-order valence-electron chi connectivity index (χ4n) is 3.87. The summed E-state index contributed by atoms with van der Waals surface area (Å²) in [5.41, 5.74) is 1.37. The van der Waals surface area contributed by atoms with Crippen molar-refractivity contribution in [1.82, 2.24) is 10.3 Å². The maximum Gasteiger partial charge on any atom is 0.185 e. The molecule has 0 spiro atoms. The van der Waals surface area contributed by atoms with E-state index in [2.05, 4.69) is 24.2 Å². The van der Waals surface area contributed by atoms with Gasteiger partial charge in [-0.15, -0.1) is 0 Å². The van der Waals surface area contributed by atoms with Gasteiger partial charge in [0.25, 0.3) is 0 Å². The van der Waals surface area contributed by atoms with Crippen molar-refractivity contribution >= 4 is 16.5 Å². The van der Waals surface area contributed by atoms with Gasteiger partial charge >= 0.3 is 0 Å². The van der Waals surface area contributed by atoms with Gasteiger partial charge < -0.3 is 10.2 Å². The van der Waals surface area contributed by atoms with E-state index in [0.717, 1.165) is 5.92 Å². The maximum absolute atomic E-state index is 4.99. The van der Waals surface area contributed by atoms with E-state index in [1.165, 1.54) is 80.2 Å². The number of aromatic nitrogens is 1. The van der Waals surface area contributed by atoms with Crippen LogP contribution in [0.3, 0.4) is 0 Å². The van der Waals surface area contributed by atoms with Crippen LogP contribution in [0.25, 0.3) is 0 Å². The van der Waals surface area contributed by atoms with Crippen LogP contribution in [0.5, 0.6) is 0 Å². The van der Waals surface area contributed by atoms with Crippen LogP contribution in [0.4, 0.5) is 5.13 Å². The van der Waals surface area contributed by atoms with Crippen molar-refractivity contribution in [3.05, 3.63) is 10.6 Å². The second kappa shape index (κ2) is 7.10. The first kappa shape index (κ1) is 15.3. The molecule has 21 heavy (non-hydrogen) atoms. The van der Waals surface area contributed by atoms with Crippen LogP contribution in [0.2, 0.25) is 0 Å². The predicted octanol–water partition coefficient (Wildman–Crippen LogP) is 4.15. The normalized spacial score (nSPS) is 26.5. The van der Waals surface area contributed by atoms with Crippen LogP contribution >= 0.6 is 11.3 Å². The molecule has 0 amide bonds. The van der Waals surface area contributed by atoms with Gasteiger partial charge in [-0.05, 0) is 51.5 Å². The Morgan fingerprint density at radius 1 is 1.24 bits per heavy atom. The summed E-state index contributed by atoms with van der Waals surface area (Å²) in [7, 11) is 2.08. The fraction of sp³-hybridized carbons (Fsp3) is 0.824. The lowest BCUT2D eigenvalue weighted by Gasteiger charge is -2.20. The van der Waals surface area contributed by atoms with Crippen molar-refractivity contribution in [3.63, 3.8) is 0 Å². The molecule has 1 aromatic heterocycles. The summed E-state index contributed by atoms with van der Waals surface area (Å²) < 4.78 is 0. The summed E-state index contributed by atoms with van der Waals surface area (Å²) >= 11 is 1.95. The Bertz CT molecular complexity index is 457. The molecule has 2 aliphatic rings. The van der Waals surface area contributed by atoms with Gasteiger partial charge in [0.1, 0.15) is 0 Å². The second-order valence-electron chi connectivity index (χ2n) is 6.61. The molecule has 0 aromatic carbocycles. The largest absolute Gasteiger partial charge is 0.348 e. The highest BCUT2D eigenvalue weighted by atomic mass is 32.1. The van der Waals surface area contributed by atoms with Crippen LogP contribution in [-0.2, 0) is 6.42 Å². The van der Waals surface area contributed by atoms with E-state index in [4.69, 9.17) is 4.98 Å². The predicted molar refractivity (Wildman–Crippen MR) is 91.3 cm³/mol. The highest BCUT2D eigenvalue weighted by Crippen LogP contribution is 2.38. The lowest BCUT2D eigenvalue weighted by molar-refractivity contribution is 0.435. The molecular formula is C17H29N3S. The van der Waals surface area contributed by atoms with E-state index in [-0.39, 0.29) is 0 Å². The smallest absolute Gasteiger partial charge is 0.185 e. The van der Waals surface area contributed by atoms with Crippen molar-refractivity contribution in [2.75, 3.05) is 25.0 Å². The van der Waals surface area contributed by atoms with Crippen molar-refractivity contribution in [2.24, 2.45) is 5.92 Å². The van der Waals surface area contributed by atoms with Gasteiger partial charge in [0.15, 0.2) is 5.13 Å². The molecule has 0 radical (unpaired) electrons. The third-order valence-corrected chi connectivity index (χ3v) is 6.37. The Hall–Kier alpha value is -0.610. The minimum atomic E-state index is 0.541. The highest BCUT2D eigenvalue weighted by molar-refractivity contribution is 7.15. The molecule has 118 valence electrons. The number of thiazole rings is 1. The molecule has 0 bridgehead atoms. The highest BCUT2D eigenvalue weighted by Gasteiger charge is 2.26. The second-order valence-corrected chi connectivity index (χ2v) is 7.62. The Labute approximate surface area is 133 Å². The van der Waals surface area contributed by atoms with Crippen LogP contribution in [0.15, 0.2) is 0 Å². The number of anilines is 1. The van der Waals surface area contributed by atoms with Crippen LogP contribution in [0.1, 0.15) is 68.5 Å². The first-order chi connectivity index (χ1) is 10.3. The van der Waals surface area contributed by atoms with Crippen molar-refractivity contribution < 1.29 is 0 Å². The van der Waals surface area contributed by atoms with Gasteiger partial charge in [0.05, 0.1) is 5.69 Å². The molecule has 4 heteroatoms. The quantitative estimate of drug-likeness (QED) is 0.906. The van der Waals surface area contributed by atoms with E-state index in [9.17, 15) is 0 Å². The molecule has 3 rings (SSSR count). The minimum absolute atomic E-state index is 0.541. The molecule has 1 aliphatic carbocycles. The summed E-state index contributed by atoms with van der Waals surface area (Å²) in [6.07, 6.45) is 10.6. The van der Waals surface area contributed by atoms with Gasteiger partial charge in [-0.25, -0.2) is 4.98 Å². The topological polar surface area (TPSA) is 28.2 Å². The average Bonchev–Trinajstić information content (AvgIpc) is 2.80. The lowest BCUT2D eigenvalue weighted by atomic mass is 9.96. The van der Waals surface area contributed by atoms with Crippen LogP contribution in [0, 0.1) is 5.92 Å². The van der Waals surface area contributed by atoms with Crippen LogP contribution in [-0.4, -0.2) is 25.1 Å². The zero-order valence-corrected chi connectivity index (χ0v) is 14.3. The number of rotatable bonds is 4. The molecule has 2 heterocycles. The Kier molecular flexibility index (Phi) is 5.17. The van der Waals surface area contributed by atoms with Gasteiger partial charge in [0, 0.05) is 24.0 Å². The van der Waals surface area contributed by atoms with E-state index < -0.39 is 0 Å². The number of nitrogens with one attached hydrogen (secondary N) is 1. The van der Waals surface area contributed by atoms with Crippen molar-refractivity contribution in [3.8, 4) is 0 Å². The molecule has 2 atom stereocenters. The van der Waals surface area contributed by atoms with E-state index in [0.29, 0.717) is 6.04 Å². The Morgan fingerprint density at radius 3 is 2.95 bits per heavy atom. The Morgan fingerprint density at radius 2 is 2.14 bits per heavy atom. The molecule has 1 fully saturated rings. The van der Waals surface area contributed by atoms with Gasteiger partial charge in [-0.3, -0.25) is 0 Å². The number of aryl methyl sites for hydroxylation is 1. The molecule has 1 aromatic rings. The third kappa shape index (κ3) is 3.42. The standard InChI is InChI=1S/C17H29N3S/c1-3-6-13-7-5-11-20(12-10-13)17-19-15-9-4-8-14(18-2)16(15)21-17/h13-14,18H,3-12H2,1-2H3. The molecule has 2 unspecified atom stereocenters. The third-order valence-electron chi connectivity index (χ3n) is 5.10. The first-order valence-electron chi connectivity index (χ1n) is 8.73. The summed E-state index contributed by atoms with van der Waals surface area (Å²) in [6.45, 7) is 4.73. The molecule has 3 nitrogen and oxygen atoms in total. The van der Waals surface area contributed by atoms with Gasteiger partial charge in [-0.1, -0.05) is 31.1 Å². The summed E-state index contributed by atoms with van der Waals surface area (Å²) in [5.74, 6) is 0.944. The molecular weight excluding hydrogens is 278 g/mol. The monoisotopic (exact) mass is 307 g/mol. The fourth-order valence-corrected chi connectivity index (χ4v) is 5.18. The van der Waals surface area contributed by atoms with Crippen molar-refractivity contribution in [1.29, 1.82) is 0 Å². The lowest BCUT2D eigenvalue weighted by Crippen LogP contribution is -2.24. The molecule has 1 aliphatic heterocycles. The zero-order chi connectivity index (χ0) is 14.7. The molecule has 1 saturated heterocycles. The summed E-state index contributed by atoms with van der Waals surface area (Å²) in [6, 6.07) is 0.541. The first-order valence-corrected chi connectivity index (χ1v) is 9.55. The van der Waals surface area contributed by atoms with Gasteiger partial charge in [0.2, 0.25) is 0 Å². The number of fused-ring (bicyclic) bond motifs is 1. The van der Waals surface area contributed by atoms with Crippen molar-refractivity contribution in [2.45, 2.75) is 64.3 Å². The van der Waals surface area contributed by atoms with Crippen LogP contribution < -0.4 is 10.2 Å². The zero-order valence-electron chi connectivity index (χ0n) is 13.5. The average molecular weight is 308 g/mol. The molecule has 0 saturated carbocycles.